The third-order valence-corrected chi connectivity index (χ3v) is 9.21. The number of hydrogen-bond donors (Lipinski definition) is 0. The number of anilines is 3. The smallest absolute Gasteiger partial charge is 0.0561 e. The van der Waals surface area contributed by atoms with E-state index < -0.39 is 0 Å². The molecule has 9 aromatic rings. The minimum absolute atomic E-state index is 1.12. The van der Waals surface area contributed by atoms with Crippen molar-refractivity contribution in [3.8, 4) is 5.69 Å². The van der Waals surface area contributed by atoms with Crippen LogP contribution in [0.1, 0.15) is 5.56 Å². The van der Waals surface area contributed by atoms with Gasteiger partial charge < -0.3 is 9.47 Å². The van der Waals surface area contributed by atoms with Crippen LogP contribution in [0, 0.1) is 6.92 Å². The van der Waals surface area contributed by atoms with Crippen molar-refractivity contribution >= 4 is 71.2 Å². The van der Waals surface area contributed by atoms with E-state index in [1.54, 1.807) is 0 Å². The third-order valence-electron chi connectivity index (χ3n) is 9.21. The summed E-state index contributed by atoms with van der Waals surface area (Å²) in [6, 6.07) is 59.7. The van der Waals surface area contributed by atoms with Gasteiger partial charge in [-0.05, 0) is 93.8 Å². The van der Waals surface area contributed by atoms with Crippen molar-refractivity contribution in [1.82, 2.24) is 4.57 Å². The molecule has 2 nitrogen and oxygen atoms in total. The predicted molar refractivity (Wildman–Crippen MR) is 193 cm³/mol. The van der Waals surface area contributed by atoms with Crippen LogP contribution in [-0.4, -0.2) is 4.57 Å². The molecule has 0 unspecified atom stereocenters. The molecule has 0 aliphatic carbocycles. The van der Waals surface area contributed by atoms with Crippen LogP contribution in [0.15, 0.2) is 164 Å². The molecule has 1 heterocycles. The third kappa shape index (κ3) is 4.03. The minimum atomic E-state index is 1.12. The lowest BCUT2D eigenvalue weighted by atomic mass is 9.94. The summed E-state index contributed by atoms with van der Waals surface area (Å²) in [6.07, 6.45) is 0. The quantitative estimate of drug-likeness (QED) is 0.190. The maximum atomic E-state index is 2.40. The summed E-state index contributed by atoms with van der Waals surface area (Å²) in [4.78, 5) is 2.40. The lowest BCUT2D eigenvalue weighted by molar-refractivity contribution is 1.18. The minimum Gasteiger partial charge on any atom is -0.310 e. The zero-order valence-electron chi connectivity index (χ0n) is 25.0. The van der Waals surface area contributed by atoms with Crippen LogP contribution in [-0.2, 0) is 0 Å². The van der Waals surface area contributed by atoms with Crippen molar-refractivity contribution in [1.29, 1.82) is 0 Å². The van der Waals surface area contributed by atoms with Crippen molar-refractivity contribution in [3.05, 3.63) is 169 Å². The molecule has 0 aliphatic heterocycles. The Bertz CT molecular complexity index is 2500. The van der Waals surface area contributed by atoms with E-state index in [1.165, 1.54) is 59.7 Å². The van der Waals surface area contributed by atoms with Gasteiger partial charge in [-0.15, -0.1) is 0 Å². The van der Waals surface area contributed by atoms with Crippen molar-refractivity contribution in [2.24, 2.45) is 0 Å². The zero-order chi connectivity index (χ0) is 29.9. The maximum absolute atomic E-state index is 2.40. The zero-order valence-corrected chi connectivity index (χ0v) is 25.0. The van der Waals surface area contributed by atoms with Crippen LogP contribution in [0.4, 0.5) is 17.1 Å². The molecule has 8 aromatic carbocycles. The highest BCUT2D eigenvalue weighted by molar-refractivity contribution is 6.25. The molecule has 212 valence electrons. The lowest BCUT2D eigenvalue weighted by Crippen LogP contribution is -2.10. The Hall–Kier alpha value is -5.86. The molecule has 9 rings (SSSR count). The second-order valence-electron chi connectivity index (χ2n) is 11.9. The summed E-state index contributed by atoms with van der Waals surface area (Å²) in [5.74, 6) is 0. The molecule has 2 heteroatoms. The molecule has 0 saturated carbocycles. The molecule has 0 saturated heterocycles. The monoisotopic (exact) mass is 574 g/mol. The van der Waals surface area contributed by atoms with Crippen LogP contribution >= 0.6 is 0 Å². The fourth-order valence-electron chi connectivity index (χ4n) is 7.13. The van der Waals surface area contributed by atoms with E-state index in [1.807, 2.05) is 0 Å². The lowest BCUT2D eigenvalue weighted by Gasteiger charge is -2.26. The molecule has 0 radical (unpaired) electrons. The molecule has 0 fully saturated rings. The average molecular weight is 575 g/mol. The fourth-order valence-corrected chi connectivity index (χ4v) is 7.13. The van der Waals surface area contributed by atoms with Crippen molar-refractivity contribution < 1.29 is 0 Å². The van der Waals surface area contributed by atoms with Crippen LogP contribution in [0.2, 0.25) is 0 Å². The second-order valence-corrected chi connectivity index (χ2v) is 11.9. The van der Waals surface area contributed by atoms with Gasteiger partial charge in [-0.3, -0.25) is 0 Å². The highest BCUT2D eigenvalue weighted by atomic mass is 15.1. The predicted octanol–water partition coefficient (Wildman–Crippen LogP) is 12.0. The van der Waals surface area contributed by atoms with E-state index in [-0.39, 0.29) is 0 Å². The maximum Gasteiger partial charge on any atom is 0.0561 e. The number of nitrogens with zero attached hydrogens (tertiary/aromatic N) is 2. The van der Waals surface area contributed by atoms with Crippen molar-refractivity contribution in [2.45, 2.75) is 6.92 Å². The second kappa shape index (κ2) is 10.1. The molecule has 0 bridgehead atoms. The number of aromatic nitrogens is 1. The first-order chi connectivity index (χ1) is 22.2. The molecule has 0 aliphatic rings. The Labute approximate surface area is 262 Å². The standard InChI is InChI=1S/C43H30N2/c1-29-19-21-31(22-20-29)44(32-23-25-38-36-15-6-5-13-34(36)35-14-7-8-16-37(35)41(38)27-32)33-24-26-40-39-17-9-10-18-42(39)45(43(40)28-33)30-11-3-2-4-12-30/h2-28H,1H3. The SMILES string of the molecule is Cc1ccc(N(c2ccc3c4ccccc4c4ccccc4c3c2)c2ccc3c4ccccc4n(-c4ccccc4)c3c2)cc1. The summed E-state index contributed by atoms with van der Waals surface area (Å²) in [7, 11) is 0. The first kappa shape index (κ1) is 25.6. The van der Waals surface area contributed by atoms with E-state index in [0.717, 1.165) is 22.7 Å². The molecule has 0 amide bonds. The molecule has 1 aromatic heterocycles. The van der Waals surface area contributed by atoms with Gasteiger partial charge in [-0.25, -0.2) is 0 Å². The van der Waals surface area contributed by atoms with Gasteiger partial charge in [-0.1, -0.05) is 115 Å². The van der Waals surface area contributed by atoms with Crippen LogP contribution in [0.3, 0.4) is 0 Å². The van der Waals surface area contributed by atoms with Gasteiger partial charge in [0.25, 0.3) is 0 Å². The number of benzene rings is 8. The molecule has 0 N–H and O–H groups in total. The average Bonchev–Trinajstić information content (AvgIpc) is 3.43. The van der Waals surface area contributed by atoms with Crippen LogP contribution in [0.25, 0.3) is 59.8 Å². The van der Waals surface area contributed by atoms with E-state index in [2.05, 4.69) is 180 Å². The first-order valence-corrected chi connectivity index (χ1v) is 15.5. The largest absolute Gasteiger partial charge is 0.310 e. The number of aryl methyl sites for hydroxylation is 1. The number of rotatable bonds is 4. The van der Waals surface area contributed by atoms with Crippen LogP contribution in [0.5, 0.6) is 0 Å². The van der Waals surface area contributed by atoms with E-state index in [9.17, 15) is 0 Å². The van der Waals surface area contributed by atoms with Gasteiger partial charge >= 0.3 is 0 Å². The Balaban J connectivity index is 1.33. The molecular formula is C43H30N2. The van der Waals surface area contributed by atoms with Gasteiger partial charge in [0.1, 0.15) is 0 Å². The first-order valence-electron chi connectivity index (χ1n) is 15.5. The van der Waals surface area contributed by atoms with Crippen LogP contribution < -0.4 is 4.90 Å². The van der Waals surface area contributed by atoms with Gasteiger partial charge in [0.2, 0.25) is 0 Å². The number of para-hydroxylation sites is 2. The van der Waals surface area contributed by atoms with Crippen molar-refractivity contribution in [2.75, 3.05) is 4.90 Å². The van der Waals surface area contributed by atoms with E-state index in [0.29, 0.717) is 0 Å². The Kier molecular flexibility index (Phi) is 5.76. The highest BCUT2D eigenvalue weighted by Gasteiger charge is 2.18. The summed E-state index contributed by atoms with van der Waals surface area (Å²) in [5, 5.41) is 10.2. The van der Waals surface area contributed by atoms with Gasteiger partial charge in [0.15, 0.2) is 0 Å². The fraction of sp³-hybridized carbons (Fsp3) is 0.0233. The van der Waals surface area contributed by atoms with E-state index >= 15 is 0 Å². The topological polar surface area (TPSA) is 8.17 Å². The molecule has 45 heavy (non-hydrogen) atoms. The summed E-state index contributed by atoms with van der Waals surface area (Å²) >= 11 is 0. The normalized spacial score (nSPS) is 11.7. The Morgan fingerprint density at radius 3 is 1.49 bits per heavy atom. The molecule has 0 spiro atoms. The van der Waals surface area contributed by atoms with Crippen molar-refractivity contribution in [3.63, 3.8) is 0 Å². The number of hydrogen-bond acceptors (Lipinski definition) is 1. The van der Waals surface area contributed by atoms with Gasteiger partial charge in [-0.2, -0.15) is 0 Å². The van der Waals surface area contributed by atoms with Gasteiger partial charge in [0.05, 0.1) is 11.0 Å². The highest BCUT2D eigenvalue weighted by Crippen LogP contribution is 2.42. The molecular weight excluding hydrogens is 544 g/mol. The molecule has 0 atom stereocenters. The van der Waals surface area contributed by atoms with E-state index in [4.69, 9.17) is 0 Å². The summed E-state index contributed by atoms with van der Waals surface area (Å²) in [5.41, 5.74) is 8.19. The summed E-state index contributed by atoms with van der Waals surface area (Å²) < 4.78 is 2.39. The number of fused-ring (bicyclic) bond motifs is 9. The Morgan fingerprint density at radius 1 is 0.356 bits per heavy atom. The Morgan fingerprint density at radius 2 is 0.822 bits per heavy atom. The van der Waals surface area contributed by atoms with Gasteiger partial charge in [0, 0.05) is 33.5 Å². The summed E-state index contributed by atoms with van der Waals surface area (Å²) in [6.45, 7) is 2.14.